The Morgan fingerprint density at radius 1 is 1.28 bits per heavy atom. The van der Waals surface area contributed by atoms with E-state index in [0.29, 0.717) is 5.56 Å². The highest BCUT2D eigenvalue weighted by Crippen LogP contribution is 2.24. The Morgan fingerprint density at radius 3 is 2.67 bits per heavy atom. The number of hydrogen-bond acceptors (Lipinski definition) is 4. The minimum atomic E-state index is -0.815. The lowest BCUT2D eigenvalue weighted by Crippen LogP contribution is -2.09. The zero-order chi connectivity index (χ0) is 13.1. The molecule has 5 heteroatoms. The summed E-state index contributed by atoms with van der Waals surface area (Å²) in [4.78, 5) is 18.8. The molecule has 0 unspecified atom stereocenters. The molecule has 0 spiro atoms. The van der Waals surface area contributed by atoms with E-state index >= 15 is 0 Å². The second kappa shape index (κ2) is 4.91. The van der Waals surface area contributed by atoms with Crippen LogP contribution in [0.4, 0.5) is 4.39 Å². The molecule has 18 heavy (non-hydrogen) atoms. The lowest BCUT2D eigenvalue weighted by molar-refractivity contribution is 0.0588. The first kappa shape index (κ1) is 12.2. The lowest BCUT2D eigenvalue weighted by atomic mass is 10.0. The minimum Gasteiger partial charge on any atom is -0.464 e. The molecule has 0 saturated heterocycles. The highest BCUT2D eigenvalue weighted by molar-refractivity contribution is 5.88. The van der Waals surface area contributed by atoms with Crippen molar-refractivity contribution >= 4 is 5.97 Å². The van der Waals surface area contributed by atoms with Gasteiger partial charge >= 0.3 is 5.97 Å². The van der Waals surface area contributed by atoms with Gasteiger partial charge in [0.05, 0.1) is 7.11 Å². The third-order valence-electron chi connectivity index (χ3n) is 2.57. The van der Waals surface area contributed by atoms with E-state index in [-0.39, 0.29) is 11.4 Å². The summed E-state index contributed by atoms with van der Waals surface area (Å²) >= 11 is 0. The molecule has 2 aromatic rings. The Morgan fingerprint density at radius 2 is 2.00 bits per heavy atom. The molecule has 1 aromatic heterocycles. The van der Waals surface area contributed by atoms with Gasteiger partial charge in [-0.15, -0.1) is 0 Å². The van der Waals surface area contributed by atoms with Gasteiger partial charge in [0, 0.05) is 5.56 Å². The first-order chi connectivity index (χ1) is 8.65. The van der Waals surface area contributed by atoms with Crippen molar-refractivity contribution in [2.75, 3.05) is 7.11 Å². The van der Waals surface area contributed by atoms with Crippen LogP contribution in [0.5, 0.6) is 0 Å². The maximum absolute atomic E-state index is 14.1. The van der Waals surface area contributed by atoms with Gasteiger partial charge in [0.15, 0.2) is 11.5 Å². The monoisotopic (exact) mass is 246 g/mol. The van der Waals surface area contributed by atoms with Crippen molar-refractivity contribution in [2.45, 2.75) is 6.92 Å². The van der Waals surface area contributed by atoms with Gasteiger partial charge in [-0.2, -0.15) is 0 Å². The molecule has 4 nitrogen and oxygen atoms in total. The van der Waals surface area contributed by atoms with Crippen molar-refractivity contribution in [3.63, 3.8) is 0 Å². The Hall–Kier alpha value is -2.30. The molecule has 2 rings (SSSR count). The Bertz CT molecular complexity index is 599. The first-order valence-corrected chi connectivity index (χ1v) is 5.30. The van der Waals surface area contributed by atoms with Gasteiger partial charge in [0.1, 0.15) is 12.0 Å². The van der Waals surface area contributed by atoms with E-state index in [4.69, 9.17) is 0 Å². The molecule has 92 valence electrons. The second-order valence-corrected chi connectivity index (χ2v) is 3.69. The van der Waals surface area contributed by atoms with E-state index in [1.807, 2.05) is 19.1 Å². The number of halogens is 1. The van der Waals surface area contributed by atoms with Crippen LogP contribution in [0.1, 0.15) is 16.1 Å². The van der Waals surface area contributed by atoms with E-state index < -0.39 is 11.8 Å². The number of ether oxygens (including phenoxy) is 1. The van der Waals surface area contributed by atoms with Crippen LogP contribution < -0.4 is 0 Å². The first-order valence-electron chi connectivity index (χ1n) is 5.30. The second-order valence-electron chi connectivity index (χ2n) is 3.69. The Labute approximate surface area is 103 Å². The summed E-state index contributed by atoms with van der Waals surface area (Å²) in [7, 11) is 1.18. The normalized spacial score (nSPS) is 10.2. The lowest BCUT2D eigenvalue weighted by Gasteiger charge is -2.07. The van der Waals surface area contributed by atoms with Crippen molar-refractivity contribution < 1.29 is 13.9 Å². The fourth-order valence-electron chi connectivity index (χ4n) is 1.64. The summed E-state index contributed by atoms with van der Waals surface area (Å²) in [5.41, 5.74) is 1.24. The van der Waals surface area contributed by atoms with Gasteiger partial charge in [-0.1, -0.05) is 24.3 Å². The minimum absolute atomic E-state index is 0.100. The average molecular weight is 246 g/mol. The standard InChI is InChI=1S/C13H11FN2O2/c1-8-5-3-4-6-9(8)11-10(14)12(13(17)18-2)16-7-15-11/h3-7H,1-2H3. The molecule has 0 aliphatic heterocycles. The summed E-state index contributed by atoms with van der Waals surface area (Å²) in [5.74, 6) is -1.58. The van der Waals surface area contributed by atoms with Crippen molar-refractivity contribution in [3.05, 3.63) is 47.7 Å². The molecule has 1 heterocycles. The molecule has 0 bridgehead atoms. The predicted octanol–water partition coefficient (Wildman–Crippen LogP) is 2.38. The fraction of sp³-hybridized carbons (Fsp3) is 0.154. The molecule has 0 aliphatic rings. The highest BCUT2D eigenvalue weighted by atomic mass is 19.1. The van der Waals surface area contributed by atoms with Crippen molar-refractivity contribution in [1.82, 2.24) is 9.97 Å². The summed E-state index contributed by atoms with van der Waals surface area (Å²) < 4.78 is 18.6. The van der Waals surface area contributed by atoms with Gasteiger partial charge in [-0.05, 0) is 12.5 Å². The zero-order valence-corrected chi connectivity index (χ0v) is 9.98. The van der Waals surface area contributed by atoms with E-state index in [1.54, 1.807) is 12.1 Å². The van der Waals surface area contributed by atoms with Gasteiger partial charge in [-0.3, -0.25) is 0 Å². The smallest absolute Gasteiger partial charge is 0.359 e. The van der Waals surface area contributed by atoms with Gasteiger partial charge in [0.2, 0.25) is 0 Å². The summed E-state index contributed by atoms with van der Waals surface area (Å²) in [6.07, 6.45) is 1.15. The topological polar surface area (TPSA) is 52.1 Å². The number of benzene rings is 1. The highest BCUT2D eigenvalue weighted by Gasteiger charge is 2.19. The number of methoxy groups -OCH3 is 1. The number of rotatable bonds is 2. The maximum atomic E-state index is 14.1. The van der Waals surface area contributed by atoms with Crippen LogP contribution >= 0.6 is 0 Å². The third-order valence-corrected chi connectivity index (χ3v) is 2.57. The molecule has 0 N–H and O–H groups in total. The maximum Gasteiger partial charge on any atom is 0.359 e. The number of aryl methyl sites for hydroxylation is 1. The van der Waals surface area contributed by atoms with Crippen LogP contribution in [-0.2, 0) is 4.74 Å². The number of aromatic nitrogens is 2. The van der Waals surface area contributed by atoms with E-state index in [9.17, 15) is 9.18 Å². The van der Waals surface area contributed by atoms with E-state index in [2.05, 4.69) is 14.7 Å². The molecule has 0 aliphatic carbocycles. The molecular formula is C13H11FN2O2. The van der Waals surface area contributed by atoms with Crippen molar-refractivity contribution in [3.8, 4) is 11.3 Å². The van der Waals surface area contributed by atoms with Gasteiger partial charge in [0.25, 0.3) is 0 Å². The number of carbonyl (C=O) groups excluding carboxylic acids is 1. The van der Waals surface area contributed by atoms with Crippen LogP contribution in [0, 0.1) is 12.7 Å². The Kier molecular flexibility index (Phi) is 3.32. The molecule has 0 radical (unpaired) electrons. The molecule has 0 fully saturated rings. The van der Waals surface area contributed by atoms with Crippen LogP contribution in [0.15, 0.2) is 30.6 Å². The average Bonchev–Trinajstić information content (AvgIpc) is 2.39. The van der Waals surface area contributed by atoms with E-state index in [1.165, 1.54) is 7.11 Å². The van der Waals surface area contributed by atoms with Crippen molar-refractivity contribution in [2.24, 2.45) is 0 Å². The zero-order valence-electron chi connectivity index (χ0n) is 9.98. The largest absolute Gasteiger partial charge is 0.464 e. The summed E-state index contributed by atoms with van der Waals surface area (Å²) in [6, 6.07) is 7.21. The van der Waals surface area contributed by atoms with Crippen molar-refractivity contribution in [1.29, 1.82) is 0 Å². The Balaban J connectivity index is 2.60. The molecular weight excluding hydrogens is 235 g/mol. The SMILES string of the molecule is COC(=O)c1ncnc(-c2ccccc2C)c1F. The molecule has 0 amide bonds. The number of carbonyl (C=O) groups is 1. The fourth-order valence-corrected chi connectivity index (χ4v) is 1.64. The molecule has 0 saturated carbocycles. The van der Waals surface area contributed by atoms with E-state index in [0.717, 1.165) is 11.9 Å². The summed E-state index contributed by atoms with van der Waals surface area (Å²) in [5, 5.41) is 0. The van der Waals surface area contributed by atoms with Crippen LogP contribution in [0.25, 0.3) is 11.3 Å². The van der Waals surface area contributed by atoms with Crippen LogP contribution in [0.2, 0.25) is 0 Å². The van der Waals surface area contributed by atoms with Gasteiger partial charge in [-0.25, -0.2) is 19.2 Å². The number of hydrogen-bond donors (Lipinski definition) is 0. The van der Waals surface area contributed by atoms with Crippen LogP contribution in [-0.4, -0.2) is 23.0 Å². The molecule has 1 aromatic carbocycles. The number of nitrogens with zero attached hydrogens (tertiary/aromatic N) is 2. The molecule has 0 atom stereocenters. The number of esters is 1. The van der Waals surface area contributed by atoms with Crippen LogP contribution in [0.3, 0.4) is 0 Å². The third kappa shape index (κ3) is 2.07. The quantitative estimate of drug-likeness (QED) is 0.763. The predicted molar refractivity (Wildman–Crippen MR) is 63.5 cm³/mol. The van der Waals surface area contributed by atoms with Gasteiger partial charge < -0.3 is 4.74 Å². The summed E-state index contributed by atoms with van der Waals surface area (Å²) in [6.45, 7) is 1.84.